The van der Waals surface area contributed by atoms with Gasteiger partial charge in [0.15, 0.2) is 0 Å². The molecular weight excluding hydrogens is 280 g/mol. The molecule has 124 valence electrons. The molecule has 5 heteroatoms. The van der Waals surface area contributed by atoms with Gasteiger partial charge in [0.05, 0.1) is 0 Å². The predicted molar refractivity (Wildman–Crippen MR) is 88.0 cm³/mol. The van der Waals surface area contributed by atoms with Crippen LogP contribution in [0.5, 0.6) is 5.75 Å². The second kappa shape index (κ2) is 8.03. The molecular formula is C17H28N2O3. The Kier molecular flexibility index (Phi) is 6.68. The number of hydrogen-bond acceptors (Lipinski definition) is 4. The van der Waals surface area contributed by atoms with E-state index in [4.69, 9.17) is 4.74 Å². The third-order valence-electron chi connectivity index (χ3n) is 3.19. The molecule has 0 atom stereocenters. The largest absolute Gasteiger partial charge is 0.507 e. The van der Waals surface area contributed by atoms with E-state index in [0.717, 1.165) is 24.1 Å². The lowest BCUT2D eigenvalue weighted by Crippen LogP contribution is -2.35. The Balaban J connectivity index is 2.25. The molecule has 22 heavy (non-hydrogen) atoms. The highest BCUT2D eigenvalue weighted by atomic mass is 16.6. The number of rotatable bonds is 6. The summed E-state index contributed by atoms with van der Waals surface area (Å²) in [5.41, 5.74) is 1.30. The number of aromatic hydroxyl groups is 1. The van der Waals surface area contributed by atoms with E-state index >= 15 is 0 Å². The summed E-state index contributed by atoms with van der Waals surface area (Å²) in [6.45, 7) is 9.46. The van der Waals surface area contributed by atoms with Crippen LogP contribution in [0.25, 0.3) is 0 Å². The Labute approximate surface area is 133 Å². The maximum Gasteiger partial charge on any atom is 0.410 e. The molecule has 2 N–H and O–H groups in total. The van der Waals surface area contributed by atoms with Crippen molar-refractivity contribution in [1.82, 2.24) is 10.2 Å². The highest BCUT2D eigenvalue weighted by Crippen LogP contribution is 2.20. The van der Waals surface area contributed by atoms with Gasteiger partial charge in [-0.25, -0.2) is 4.79 Å². The van der Waals surface area contributed by atoms with Crippen LogP contribution in [0.4, 0.5) is 4.79 Å². The van der Waals surface area contributed by atoms with Crippen molar-refractivity contribution >= 4 is 6.09 Å². The van der Waals surface area contributed by atoms with E-state index in [2.05, 4.69) is 5.32 Å². The van der Waals surface area contributed by atoms with Crippen molar-refractivity contribution < 1.29 is 14.6 Å². The molecule has 1 aromatic rings. The van der Waals surface area contributed by atoms with E-state index in [0.29, 0.717) is 18.8 Å². The fourth-order valence-corrected chi connectivity index (χ4v) is 1.96. The molecule has 0 bridgehead atoms. The van der Waals surface area contributed by atoms with E-state index in [1.807, 2.05) is 45.9 Å². The summed E-state index contributed by atoms with van der Waals surface area (Å²) >= 11 is 0. The van der Waals surface area contributed by atoms with Crippen LogP contribution in [0.15, 0.2) is 18.2 Å². The Morgan fingerprint density at radius 1 is 1.36 bits per heavy atom. The molecule has 0 spiro atoms. The molecule has 1 aromatic carbocycles. The van der Waals surface area contributed by atoms with Crippen LogP contribution in [-0.2, 0) is 11.3 Å². The second-order valence-corrected chi connectivity index (χ2v) is 6.51. The number of para-hydroxylation sites is 1. The molecule has 0 unspecified atom stereocenters. The van der Waals surface area contributed by atoms with Gasteiger partial charge >= 0.3 is 6.09 Å². The van der Waals surface area contributed by atoms with E-state index < -0.39 is 5.60 Å². The number of nitrogens with one attached hydrogen (secondary N) is 1. The van der Waals surface area contributed by atoms with Crippen molar-refractivity contribution in [2.45, 2.75) is 46.3 Å². The number of aryl methyl sites for hydroxylation is 1. The lowest BCUT2D eigenvalue weighted by Gasteiger charge is -2.24. The van der Waals surface area contributed by atoms with E-state index in [1.54, 1.807) is 11.9 Å². The number of carbonyl (C=O) groups excluding carboxylic acids is 1. The van der Waals surface area contributed by atoms with E-state index in [-0.39, 0.29) is 6.09 Å². The van der Waals surface area contributed by atoms with Gasteiger partial charge in [-0.1, -0.05) is 18.2 Å². The summed E-state index contributed by atoms with van der Waals surface area (Å²) in [4.78, 5) is 13.4. The molecule has 0 aliphatic carbocycles. The number of hydrogen-bond donors (Lipinski definition) is 2. The topological polar surface area (TPSA) is 61.8 Å². The van der Waals surface area contributed by atoms with Crippen molar-refractivity contribution in [1.29, 1.82) is 0 Å². The number of phenols is 1. The first kappa shape index (κ1) is 18.3. The van der Waals surface area contributed by atoms with E-state index in [9.17, 15) is 9.90 Å². The molecule has 0 radical (unpaired) electrons. The number of amides is 1. The van der Waals surface area contributed by atoms with Gasteiger partial charge < -0.3 is 20.1 Å². The first-order valence-corrected chi connectivity index (χ1v) is 7.63. The zero-order valence-corrected chi connectivity index (χ0v) is 14.3. The van der Waals surface area contributed by atoms with Gasteiger partial charge in [0, 0.05) is 25.7 Å². The van der Waals surface area contributed by atoms with Crippen LogP contribution in [0.2, 0.25) is 0 Å². The third-order valence-corrected chi connectivity index (χ3v) is 3.19. The van der Waals surface area contributed by atoms with Crippen LogP contribution >= 0.6 is 0 Å². The minimum Gasteiger partial charge on any atom is -0.507 e. The summed E-state index contributed by atoms with van der Waals surface area (Å²) in [6.07, 6.45) is 0.520. The van der Waals surface area contributed by atoms with Crippen LogP contribution in [0.1, 0.15) is 38.3 Å². The van der Waals surface area contributed by atoms with Crippen LogP contribution < -0.4 is 5.32 Å². The Hall–Kier alpha value is -1.75. The zero-order chi connectivity index (χ0) is 16.8. The van der Waals surface area contributed by atoms with Gasteiger partial charge in [0.25, 0.3) is 0 Å². The smallest absolute Gasteiger partial charge is 0.410 e. The first-order chi connectivity index (χ1) is 10.2. The molecule has 0 aliphatic rings. The molecule has 0 saturated heterocycles. The summed E-state index contributed by atoms with van der Waals surface area (Å²) < 4.78 is 5.29. The lowest BCUT2D eigenvalue weighted by molar-refractivity contribution is 0.0297. The minimum atomic E-state index is -0.466. The fourth-order valence-electron chi connectivity index (χ4n) is 1.96. The van der Waals surface area contributed by atoms with Gasteiger partial charge in [-0.3, -0.25) is 0 Å². The molecule has 0 heterocycles. The predicted octanol–water partition coefficient (Wildman–Crippen LogP) is 3.05. The molecule has 5 nitrogen and oxygen atoms in total. The Morgan fingerprint density at radius 3 is 2.68 bits per heavy atom. The maximum atomic E-state index is 11.8. The SMILES string of the molecule is Cc1cccc(CNCCCN(C)C(=O)OC(C)(C)C)c1O. The average Bonchev–Trinajstić information content (AvgIpc) is 2.40. The van der Waals surface area contributed by atoms with Crippen LogP contribution in [0.3, 0.4) is 0 Å². The fraction of sp³-hybridized carbons (Fsp3) is 0.588. The average molecular weight is 308 g/mol. The zero-order valence-electron chi connectivity index (χ0n) is 14.3. The Morgan fingerprint density at radius 2 is 2.05 bits per heavy atom. The van der Waals surface area contributed by atoms with Crippen molar-refractivity contribution in [3.8, 4) is 5.75 Å². The summed E-state index contributed by atoms with van der Waals surface area (Å²) in [6, 6.07) is 5.72. The van der Waals surface area contributed by atoms with Gasteiger partial charge in [0.1, 0.15) is 11.4 Å². The molecule has 1 amide bonds. The molecule has 0 saturated carbocycles. The lowest BCUT2D eigenvalue weighted by atomic mass is 10.1. The normalized spacial score (nSPS) is 11.3. The maximum absolute atomic E-state index is 11.8. The number of carbonyl (C=O) groups is 1. The van der Waals surface area contributed by atoms with Crippen molar-refractivity contribution in [3.05, 3.63) is 29.3 Å². The van der Waals surface area contributed by atoms with Crippen LogP contribution in [0, 0.1) is 6.92 Å². The summed E-state index contributed by atoms with van der Waals surface area (Å²) in [5.74, 6) is 0.348. The van der Waals surface area contributed by atoms with Crippen LogP contribution in [-0.4, -0.2) is 41.8 Å². The number of nitrogens with zero attached hydrogens (tertiary/aromatic N) is 1. The van der Waals surface area contributed by atoms with Gasteiger partial charge in [-0.15, -0.1) is 0 Å². The molecule has 0 aliphatic heterocycles. The number of phenolic OH excluding ortho intramolecular Hbond substituents is 1. The highest BCUT2D eigenvalue weighted by Gasteiger charge is 2.18. The second-order valence-electron chi connectivity index (χ2n) is 6.51. The quantitative estimate of drug-likeness (QED) is 0.793. The monoisotopic (exact) mass is 308 g/mol. The van der Waals surface area contributed by atoms with Gasteiger partial charge in [0.2, 0.25) is 0 Å². The van der Waals surface area contributed by atoms with E-state index in [1.165, 1.54) is 0 Å². The van der Waals surface area contributed by atoms with Crippen molar-refractivity contribution in [3.63, 3.8) is 0 Å². The summed E-state index contributed by atoms with van der Waals surface area (Å²) in [7, 11) is 1.74. The van der Waals surface area contributed by atoms with Crippen molar-refractivity contribution in [2.75, 3.05) is 20.1 Å². The molecule has 1 rings (SSSR count). The molecule has 0 aromatic heterocycles. The van der Waals surface area contributed by atoms with Crippen molar-refractivity contribution in [2.24, 2.45) is 0 Å². The minimum absolute atomic E-state index is 0.302. The standard InChI is InChI=1S/C17H28N2O3/c1-13-8-6-9-14(15(13)20)12-18-10-7-11-19(5)16(21)22-17(2,3)4/h6,8-9,18,20H,7,10-12H2,1-5H3. The number of ether oxygens (including phenoxy) is 1. The number of benzene rings is 1. The summed E-state index contributed by atoms with van der Waals surface area (Å²) in [5, 5.41) is 13.2. The third kappa shape index (κ3) is 6.35. The Bertz CT molecular complexity index is 495. The van der Waals surface area contributed by atoms with Gasteiger partial charge in [-0.05, 0) is 46.2 Å². The highest BCUT2D eigenvalue weighted by molar-refractivity contribution is 5.67. The first-order valence-electron chi connectivity index (χ1n) is 7.63. The molecule has 0 fully saturated rings. The van der Waals surface area contributed by atoms with Gasteiger partial charge in [-0.2, -0.15) is 0 Å².